The first-order valence-electron chi connectivity index (χ1n) is 5.40. The van der Waals surface area contributed by atoms with Crippen LogP contribution < -0.4 is 10.2 Å². The van der Waals surface area contributed by atoms with Gasteiger partial charge in [-0.3, -0.25) is 10.1 Å². The number of benzene rings is 1. The fourth-order valence-corrected chi connectivity index (χ4v) is 2.06. The summed E-state index contributed by atoms with van der Waals surface area (Å²) in [7, 11) is 0. The first-order valence-corrected chi connectivity index (χ1v) is 5.40. The van der Waals surface area contributed by atoms with Crippen LogP contribution >= 0.6 is 0 Å². The van der Waals surface area contributed by atoms with E-state index in [0.29, 0.717) is 0 Å². The molecule has 0 spiro atoms. The van der Waals surface area contributed by atoms with E-state index in [1.54, 1.807) is 12.1 Å². The number of piperazine rings is 1. The van der Waals surface area contributed by atoms with E-state index in [2.05, 4.69) is 10.2 Å². The molecule has 0 atom stereocenters. The third-order valence-electron chi connectivity index (χ3n) is 2.93. The van der Waals surface area contributed by atoms with Crippen molar-refractivity contribution in [1.29, 1.82) is 0 Å². The lowest BCUT2D eigenvalue weighted by Crippen LogP contribution is -2.43. The maximum atomic E-state index is 10.8. The third kappa shape index (κ3) is 1.99. The van der Waals surface area contributed by atoms with E-state index in [0.717, 1.165) is 37.4 Å². The summed E-state index contributed by atoms with van der Waals surface area (Å²) in [4.78, 5) is 12.7. The molecular weight excluding hydrogens is 206 g/mol. The van der Waals surface area contributed by atoms with Crippen molar-refractivity contribution in [2.24, 2.45) is 0 Å². The van der Waals surface area contributed by atoms with E-state index in [-0.39, 0.29) is 10.6 Å². The van der Waals surface area contributed by atoms with Crippen LogP contribution in [-0.2, 0) is 0 Å². The van der Waals surface area contributed by atoms with Gasteiger partial charge in [-0.1, -0.05) is 6.07 Å². The van der Waals surface area contributed by atoms with Crippen molar-refractivity contribution < 1.29 is 4.92 Å². The number of anilines is 1. The standard InChI is InChI=1S/C11H15N3O2/c1-9-10(13-7-5-12-6-8-13)3-2-4-11(9)14(15)16/h2-4,12H,5-8H2,1H3. The molecule has 1 saturated heterocycles. The lowest BCUT2D eigenvalue weighted by atomic mass is 10.1. The highest BCUT2D eigenvalue weighted by molar-refractivity contribution is 5.61. The van der Waals surface area contributed by atoms with Crippen molar-refractivity contribution >= 4 is 11.4 Å². The van der Waals surface area contributed by atoms with Gasteiger partial charge >= 0.3 is 0 Å². The van der Waals surface area contributed by atoms with E-state index in [1.165, 1.54) is 0 Å². The molecule has 1 aromatic carbocycles. The molecule has 2 rings (SSSR count). The number of nitro groups is 1. The SMILES string of the molecule is Cc1c(N2CCNCC2)cccc1[N+](=O)[O-]. The van der Waals surface area contributed by atoms with Gasteiger partial charge in [-0.15, -0.1) is 0 Å². The van der Waals surface area contributed by atoms with Crippen LogP contribution in [0, 0.1) is 17.0 Å². The van der Waals surface area contributed by atoms with Crippen molar-refractivity contribution in [3.05, 3.63) is 33.9 Å². The molecule has 5 heteroatoms. The Hall–Kier alpha value is -1.62. The molecule has 1 aliphatic heterocycles. The van der Waals surface area contributed by atoms with Gasteiger partial charge in [-0.2, -0.15) is 0 Å². The number of hydrogen-bond donors (Lipinski definition) is 1. The topological polar surface area (TPSA) is 58.4 Å². The molecule has 0 saturated carbocycles. The molecule has 0 radical (unpaired) electrons. The first-order chi connectivity index (χ1) is 7.70. The molecular formula is C11H15N3O2. The van der Waals surface area contributed by atoms with Gasteiger partial charge in [0.15, 0.2) is 0 Å². The van der Waals surface area contributed by atoms with Crippen LogP contribution in [0.4, 0.5) is 11.4 Å². The first kappa shape index (κ1) is 10.9. The van der Waals surface area contributed by atoms with Crippen molar-refractivity contribution in [3.63, 3.8) is 0 Å². The minimum absolute atomic E-state index is 0.205. The predicted molar refractivity (Wildman–Crippen MR) is 62.9 cm³/mol. The Morgan fingerprint density at radius 3 is 2.69 bits per heavy atom. The van der Waals surface area contributed by atoms with Gasteiger partial charge in [-0.25, -0.2) is 0 Å². The maximum Gasteiger partial charge on any atom is 0.274 e. The second-order valence-corrected chi connectivity index (χ2v) is 3.92. The maximum absolute atomic E-state index is 10.8. The molecule has 1 heterocycles. The highest BCUT2D eigenvalue weighted by Gasteiger charge is 2.18. The van der Waals surface area contributed by atoms with E-state index >= 15 is 0 Å². The molecule has 0 aliphatic carbocycles. The molecule has 16 heavy (non-hydrogen) atoms. The lowest BCUT2D eigenvalue weighted by molar-refractivity contribution is -0.385. The largest absolute Gasteiger partial charge is 0.369 e. The monoisotopic (exact) mass is 221 g/mol. The summed E-state index contributed by atoms with van der Waals surface area (Å²) in [5.41, 5.74) is 1.95. The van der Waals surface area contributed by atoms with Crippen LogP contribution in [0.25, 0.3) is 0 Å². The molecule has 1 aliphatic rings. The van der Waals surface area contributed by atoms with Crippen LogP contribution in [0.5, 0.6) is 0 Å². The zero-order valence-electron chi connectivity index (χ0n) is 9.27. The van der Waals surface area contributed by atoms with Crippen LogP contribution in [0.2, 0.25) is 0 Å². The fraction of sp³-hybridized carbons (Fsp3) is 0.455. The lowest BCUT2D eigenvalue weighted by Gasteiger charge is -2.30. The molecule has 1 N–H and O–H groups in total. The van der Waals surface area contributed by atoms with Gasteiger partial charge in [0.25, 0.3) is 5.69 Å². The van der Waals surface area contributed by atoms with Gasteiger partial charge in [0.05, 0.1) is 10.5 Å². The summed E-state index contributed by atoms with van der Waals surface area (Å²) in [5, 5.41) is 14.1. The summed E-state index contributed by atoms with van der Waals surface area (Å²) >= 11 is 0. The minimum Gasteiger partial charge on any atom is -0.369 e. The van der Waals surface area contributed by atoms with Crippen LogP contribution in [0.1, 0.15) is 5.56 Å². The number of nitro benzene ring substituents is 1. The molecule has 0 unspecified atom stereocenters. The number of rotatable bonds is 2. The Kier molecular flexibility index (Phi) is 3.05. The molecule has 0 bridgehead atoms. The summed E-state index contributed by atoms with van der Waals surface area (Å²) in [6, 6.07) is 5.26. The van der Waals surface area contributed by atoms with Crippen LogP contribution in [0.15, 0.2) is 18.2 Å². The average molecular weight is 221 g/mol. The quantitative estimate of drug-likeness (QED) is 0.604. The summed E-state index contributed by atoms with van der Waals surface area (Å²) in [5.74, 6) is 0. The highest BCUT2D eigenvalue weighted by atomic mass is 16.6. The van der Waals surface area contributed by atoms with Gasteiger partial charge in [0, 0.05) is 37.9 Å². The number of nitrogens with zero attached hydrogens (tertiary/aromatic N) is 2. The molecule has 1 fully saturated rings. The zero-order valence-corrected chi connectivity index (χ0v) is 9.27. The number of hydrogen-bond acceptors (Lipinski definition) is 4. The highest BCUT2D eigenvalue weighted by Crippen LogP contribution is 2.28. The van der Waals surface area contributed by atoms with Gasteiger partial charge in [-0.05, 0) is 13.0 Å². The molecule has 0 aromatic heterocycles. The average Bonchev–Trinajstić information content (AvgIpc) is 2.30. The Morgan fingerprint density at radius 1 is 1.38 bits per heavy atom. The summed E-state index contributed by atoms with van der Waals surface area (Å²) in [6.45, 7) is 5.49. The Balaban J connectivity index is 2.33. The summed E-state index contributed by atoms with van der Waals surface area (Å²) in [6.07, 6.45) is 0. The second kappa shape index (κ2) is 4.49. The van der Waals surface area contributed by atoms with Crippen LogP contribution in [-0.4, -0.2) is 31.1 Å². The van der Waals surface area contributed by atoms with Crippen molar-refractivity contribution in [3.8, 4) is 0 Å². The third-order valence-corrected chi connectivity index (χ3v) is 2.93. The normalized spacial score (nSPS) is 16.2. The van der Waals surface area contributed by atoms with Crippen molar-refractivity contribution in [1.82, 2.24) is 5.32 Å². The minimum atomic E-state index is -0.318. The molecule has 0 amide bonds. The molecule has 1 aromatic rings. The molecule has 86 valence electrons. The fourth-order valence-electron chi connectivity index (χ4n) is 2.06. The Labute approximate surface area is 94.2 Å². The van der Waals surface area contributed by atoms with Crippen LogP contribution in [0.3, 0.4) is 0 Å². The number of nitrogens with one attached hydrogen (secondary N) is 1. The Morgan fingerprint density at radius 2 is 2.06 bits per heavy atom. The van der Waals surface area contributed by atoms with Gasteiger partial charge < -0.3 is 10.2 Å². The van der Waals surface area contributed by atoms with Crippen molar-refractivity contribution in [2.45, 2.75) is 6.92 Å². The van der Waals surface area contributed by atoms with Crippen molar-refractivity contribution in [2.75, 3.05) is 31.1 Å². The van der Waals surface area contributed by atoms with E-state index in [9.17, 15) is 10.1 Å². The van der Waals surface area contributed by atoms with Gasteiger partial charge in [0.1, 0.15) is 0 Å². The van der Waals surface area contributed by atoms with E-state index in [1.807, 2.05) is 13.0 Å². The second-order valence-electron chi connectivity index (χ2n) is 3.92. The van der Waals surface area contributed by atoms with Gasteiger partial charge in [0.2, 0.25) is 0 Å². The Bertz CT molecular complexity index is 400. The zero-order chi connectivity index (χ0) is 11.5. The van der Waals surface area contributed by atoms with E-state index < -0.39 is 0 Å². The van der Waals surface area contributed by atoms with E-state index in [4.69, 9.17) is 0 Å². The molecule has 5 nitrogen and oxygen atoms in total. The predicted octanol–water partition coefficient (Wildman–Crippen LogP) is 1.31. The smallest absolute Gasteiger partial charge is 0.274 e. The summed E-state index contributed by atoms with van der Waals surface area (Å²) < 4.78 is 0.